The molecule has 0 unspecified atom stereocenters. The van der Waals surface area contributed by atoms with Crippen molar-refractivity contribution in [3.63, 3.8) is 0 Å². The summed E-state index contributed by atoms with van der Waals surface area (Å²) in [5.41, 5.74) is -0.337. The number of carboxylic acids is 2. The molecule has 0 aliphatic heterocycles. The molecule has 0 heterocycles. The molecular formula is C26H32N2O6. The molecule has 8 nitrogen and oxygen atoms in total. The minimum absolute atomic E-state index is 0.0154. The Bertz CT molecular complexity index is 1090. The van der Waals surface area contributed by atoms with Crippen LogP contribution in [-0.4, -0.2) is 46.6 Å². The molecule has 0 radical (unpaired) electrons. The minimum Gasteiger partial charge on any atom is -0.478 e. The number of amides is 2. The van der Waals surface area contributed by atoms with E-state index in [0.29, 0.717) is 6.54 Å². The maximum atomic E-state index is 13.2. The number of carbonyl (C=O) groups is 4. The van der Waals surface area contributed by atoms with E-state index in [1.165, 1.54) is 24.3 Å². The SMILES string of the molecule is CCCCCCNC(=O)c1ccc(C(=O)NC2CCCCC2)c2c(C(=O)O)ccc(C(=O)O)c12. The van der Waals surface area contributed by atoms with Gasteiger partial charge in [-0.15, -0.1) is 0 Å². The van der Waals surface area contributed by atoms with Crippen molar-refractivity contribution < 1.29 is 29.4 Å². The van der Waals surface area contributed by atoms with Gasteiger partial charge in [0.2, 0.25) is 0 Å². The molecular weight excluding hydrogens is 436 g/mol. The van der Waals surface area contributed by atoms with E-state index in [4.69, 9.17) is 0 Å². The largest absolute Gasteiger partial charge is 0.478 e. The van der Waals surface area contributed by atoms with Gasteiger partial charge < -0.3 is 20.8 Å². The Balaban J connectivity index is 2.08. The van der Waals surface area contributed by atoms with Gasteiger partial charge in [0.1, 0.15) is 0 Å². The van der Waals surface area contributed by atoms with Gasteiger partial charge in [0.05, 0.1) is 11.1 Å². The van der Waals surface area contributed by atoms with Gasteiger partial charge in [-0.3, -0.25) is 9.59 Å². The fraction of sp³-hybridized carbons (Fsp3) is 0.462. The van der Waals surface area contributed by atoms with Gasteiger partial charge in [0.15, 0.2) is 0 Å². The van der Waals surface area contributed by atoms with Crippen molar-refractivity contribution in [3.05, 3.63) is 46.5 Å². The van der Waals surface area contributed by atoms with Crippen LogP contribution in [0.25, 0.3) is 10.8 Å². The van der Waals surface area contributed by atoms with E-state index in [2.05, 4.69) is 17.6 Å². The first kappa shape index (κ1) is 25.2. The summed E-state index contributed by atoms with van der Waals surface area (Å²) < 4.78 is 0. The molecule has 0 saturated heterocycles. The summed E-state index contributed by atoms with van der Waals surface area (Å²) in [7, 11) is 0. The first-order valence-electron chi connectivity index (χ1n) is 12.0. The van der Waals surface area contributed by atoms with Gasteiger partial charge in [0.25, 0.3) is 11.8 Å². The van der Waals surface area contributed by atoms with Crippen molar-refractivity contribution in [1.29, 1.82) is 0 Å². The van der Waals surface area contributed by atoms with Gasteiger partial charge in [-0.2, -0.15) is 0 Å². The number of rotatable bonds is 10. The third-order valence-electron chi connectivity index (χ3n) is 6.37. The van der Waals surface area contributed by atoms with Crippen LogP contribution in [0.2, 0.25) is 0 Å². The number of aromatic carboxylic acids is 2. The standard InChI is InChI=1S/C26H32N2O6/c1-2-3-4-8-15-27-23(29)17-11-12-18(24(30)28-16-9-6-5-7-10-16)22-20(26(33)34)14-13-19(21(17)22)25(31)32/h11-14,16H,2-10,15H2,1H3,(H,27,29)(H,28,30)(H,31,32)(H,33,34). The van der Waals surface area contributed by atoms with Crippen molar-refractivity contribution in [2.75, 3.05) is 6.54 Å². The third kappa shape index (κ3) is 5.73. The number of hydrogen-bond acceptors (Lipinski definition) is 4. The van der Waals surface area contributed by atoms with Crippen molar-refractivity contribution in [2.45, 2.75) is 70.8 Å². The van der Waals surface area contributed by atoms with Crippen LogP contribution in [0.1, 0.15) is 106 Å². The Morgan fingerprint density at radius 3 is 1.82 bits per heavy atom. The summed E-state index contributed by atoms with van der Waals surface area (Å²) >= 11 is 0. The normalized spacial score (nSPS) is 14.0. The van der Waals surface area contributed by atoms with E-state index in [1.807, 2.05) is 0 Å². The van der Waals surface area contributed by atoms with E-state index in [9.17, 15) is 29.4 Å². The van der Waals surface area contributed by atoms with Crippen LogP contribution in [0.5, 0.6) is 0 Å². The number of unbranched alkanes of at least 4 members (excludes halogenated alkanes) is 3. The number of nitrogens with one attached hydrogen (secondary N) is 2. The molecule has 8 heteroatoms. The van der Waals surface area contributed by atoms with Gasteiger partial charge in [-0.25, -0.2) is 9.59 Å². The first-order valence-corrected chi connectivity index (χ1v) is 12.0. The van der Waals surface area contributed by atoms with Crippen LogP contribution in [0.3, 0.4) is 0 Å². The Hall–Kier alpha value is -3.42. The molecule has 1 aliphatic rings. The zero-order valence-electron chi connectivity index (χ0n) is 19.5. The van der Waals surface area contributed by atoms with Crippen molar-refractivity contribution in [1.82, 2.24) is 10.6 Å². The lowest BCUT2D eigenvalue weighted by Gasteiger charge is -2.23. The highest BCUT2D eigenvalue weighted by Crippen LogP contribution is 2.31. The van der Waals surface area contributed by atoms with Gasteiger partial charge >= 0.3 is 11.9 Å². The van der Waals surface area contributed by atoms with Crippen LogP contribution in [-0.2, 0) is 0 Å². The second kappa shape index (κ2) is 11.6. The topological polar surface area (TPSA) is 133 Å². The zero-order chi connectivity index (χ0) is 24.7. The average Bonchev–Trinajstić information content (AvgIpc) is 2.82. The summed E-state index contributed by atoms with van der Waals surface area (Å²) in [6.07, 6.45) is 8.66. The van der Waals surface area contributed by atoms with E-state index in [1.54, 1.807) is 0 Å². The summed E-state index contributed by atoms with van der Waals surface area (Å²) in [4.78, 5) is 50.2. The molecule has 2 amide bonds. The molecule has 1 saturated carbocycles. The van der Waals surface area contributed by atoms with Crippen molar-refractivity contribution in [3.8, 4) is 0 Å². The lowest BCUT2D eigenvalue weighted by atomic mass is 9.90. The lowest BCUT2D eigenvalue weighted by molar-refractivity contribution is 0.0684. The van der Waals surface area contributed by atoms with Gasteiger partial charge in [0, 0.05) is 34.5 Å². The number of hydrogen-bond donors (Lipinski definition) is 4. The third-order valence-corrected chi connectivity index (χ3v) is 6.37. The molecule has 3 rings (SSSR count). The zero-order valence-corrected chi connectivity index (χ0v) is 19.5. The molecule has 34 heavy (non-hydrogen) atoms. The Morgan fingerprint density at radius 1 is 0.765 bits per heavy atom. The maximum Gasteiger partial charge on any atom is 0.336 e. The average molecular weight is 469 g/mol. The van der Waals surface area contributed by atoms with Gasteiger partial charge in [-0.1, -0.05) is 45.4 Å². The number of carbonyl (C=O) groups excluding carboxylic acids is 2. The highest BCUT2D eigenvalue weighted by molar-refractivity contribution is 6.23. The van der Waals surface area contributed by atoms with Gasteiger partial charge in [-0.05, 0) is 43.5 Å². The Morgan fingerprint density at radius 2 is 1.29 bits per heavy atom. The fourth-order valence-corrected chi connectivity index (χ4v) is 4.59. The van der Waals surface area contributed by atoms with Crippen LogP contribution in [0.4, 0.5) is 0 Å². The Kier molecular flexibility index (Phi) is 8.62. The molecule has 0 aromatic heterocycles. The number of carboxylic acid groups (broad SMARTS) is 2. The molecule has 4 N–H and O–H groups in total. The minimum atomic E-state index is -1.30. The number of fused-ring (bicyclic) bond motifs is 1. The summed E-state index contributed by atoms with van der Waals surface area (Å²) in [6, 6.07) is 5.17. The fourth-order valence-electron chi connectivity index (χ4n) is 4.59. The van der Waals surface area contributed by atoms with Crippen LogP contribution in [0.15, 0.2) is 24.3 Å². The van der Waals surface area contributed by atoms with E-state index >= 15 is 0 Å². The summed E-state index contributed by atoms with van der Waals surface area (Å²) in [5, 5.41) is 25.3. The van der Waals surface area contributed by atoms with Crippen LogP contribution < -0.4 is 10.6 Å². The Labute approximate surface area is 198 Å². The van der Waals surface area contributed by atoms with Crippen molar-refractivity contribution in [2.24, 2.45) is 0 Å². The second-order valence-electron chi connectivity index (χ2n) is 8.81. The quantitative estimate of drug-likeness (QED) is 0.377. The van der Waals surface area contributed by atoms with Crippen molar-refractivity contribution >= 4 is 34.5 Å². The molecule has 1 fully saturated rings. The van der Waals surface area contributed by atoms with E-state index < -0.39 is 23.8 Å². The molecule has 182 valence electrons. The van der Waals surface area contributed by atoms with E-state index in [-0.39, 0.29) is 39.1 Å². The predicted molar refractivity (Wildman–Crippen MR) is 129 cm³/mol. The van der Waals surface area contributed by atoms with Crippen LogP contribution >= 0.6 is 0 Å². The lowest BCUT2D eigenvalue weighted by Crippen LogP contribution is -2.36. The monoisotopic (exact) mass is 468 g/mol. The smallest absolute Gasteiger partial charge is 0.336 e. The second-order valence-corrected chi connectivity index (χ2v) is 8.81. The molecule has 2 aromatic rings. The summed E-state index contributed by atoms with van der Waals surface area (Å²) in [6.45, 7) is 2.51. The predicted octanol–water partition coefficient (Wildman–Crippen LogP) is 4.61. The highest BCUT2D eigenvalue weighted by Gasteiger charge is 2.26. The van der Waals surface area contributed by atoms with E-state index in [0.717, 1.165) is 57.8 Å². The van der Waals surface area contributed by atoms with Crippen LogP contribution in [0, 0.1) is 0 Å². The molecule has 2 aromatic carbocycles. The molecule has 1 aliphatic carbocycles. The highest BCUT2D eigenvalue weighted by atomic mass is 16.4. The molecule has 0 atom stereocenters. The first-order chi connectivity index (χ1) is 16.3. The molecule has 0 bridgehead atoms. The summed E-state index contributed by atoms with van der Waals surface area (Å²) in [5.74, 6) is -3.56. The number of benzene rings is 2. The molecule has 0 spiro atoms. The maximum absolute atomic E-state index is 13.2.